The van der Waals surface area contributed by atoms with Crippen LogP contribution in [0.5, 0.6) is 0 Å². The van der Waals surface area contributed by atoms with Crippen molar-refractivity contribution < 1.29 is 0 Å². The summed E-state index contributed by atoms with van der Waals surface area (Å²) in [4.78, 5) is 0. The Morgan fingerprint density at radius 2 is 0.625 bits per heavy atom. The van der Waals surface area contributed by atoms with Gasteiger partial charge in [-0.2, -0.15) is 0 Å². The van der Waals surface area contributed by atoms with E-state index in [0.717, 1.165) is 0 Å². The molecule has 0 fully saturated rings. The van der Waals surface area contributed by atoms with Crippen LogP contribution in [-0.4, -0.2) is 0 Å². The summed E-state index contributed by atoms with van der Waals surface area (Å²) in [5, 5.41) is 0. The fourth-order valence-corrected chi connectivity index (χ4v) is 3.94. The van der Waals surface area contributed by atoms with Crippen LogP contribution in [-0.2, 0) is 0 Å². The van der Waals surface area contributed by atoms with Gasteiger partial charge >= 0.3 is 0 Å². The highest BCUT2D eigenvalue weighted by molar-refractivity contribution is 14.1. The van der Waals surface area contributed by atoms with Gasteiger partial charge in [0, 0.05) is 14.3 Å². The summed E-state index contributed by atoms with van der Waals surface area (Å²) in [7, 11) is 0. The average molecular weight is 660 g/mol. The summed E-state index contributed by atoms with van der Waals surface area (Å²) >= 11 is 9.40. The monoisotopic (exact) mass is 660 g/mol. The van der Waals surface area contributed by atoms with Crippen molar-refractivity contribution in [1.29, 1.82) is 0 Å². The molecule has 0 aliphatic heterocycles. The zero-order chi connectivity index (χ0) is 12.0. The van der Waals surface area contributed by atoms with Gasteiger partial charge in [0.1, 0.15) is 0 Å². The highest BCUT2D eigenvalue weighted by Gasteiger charge is 2.00. The molecule has 0 nitrogen and oxygen atoms in total. The van der Waals surface area contributed by atoms with Crippen LogP contribution >= 0.6 is 90.4 Å². The highest BCUT2D eigenvalue weighted by atomic mass is 127. The maximum Gasteiger partial charge on any atom is 0.0275 e. The summed E-state index contributed by atoms with van der Waals surface area (Å²) in [6, 6.07) is 16.4. The molecule has 0 aliphatic rings. The number of rotatable bonds is 0. The molecule has 0 heterocycles. The average Bonchev–Trinajstić information content (AvgIpc) is 2.30. The number of hydrogen-bond donors (Lipinski definition) is 0. The first-order valence-corrected chi connectivity index (χ1v) is 8.73. The zero-order valence-electron chi connectivity index (χ0n) is 8.13. The van der Waals surface area contributed by atoms with Crippen LogP contribution in [0, 0.1) is 14.3 Å². The first-order chi connectivity index (χ1) is 7.61. The summed E-state index contributed by atoms with van der Waals surface area (Å²) in [6.45, 7) is 0. The van der Waals surface area contributed by atoms with Gasteiger partial charge in [-0.05, 0) is 102 Å². The first kappa shape index (κ1) is 15.4. The molecule has 2 aromatic carbocycles. The van der Waals surface area contributed by atoms with Crippen LogP contribution in [0.3, 0.4) is 0 Å². The van der Waals surface area contributed by atoms with E-state index in [0.29, 0.717) is 0 Å². The van der Waals surface area contributed by atoms with E-state index in [1.807, 2.05) is 36.4 Å². The predicted octanol–water partition coefficient (Wildman–Crippen LogP) is 5.79. The fraction of sp³-hybridized carbons (Fsp3) is 0. The summed E-state index contributed by atoms with van der Waals surface area (Å²) in [5.74, 6) is 0. The quantitative estimate of drug-likeness (QED) is 0.248. The van der Waals surface area contributed by atoms with Gasteiger partial charge in [-0.25, -0.2) is 0 Å². The van der Waals surface area contributed by atoms with E-state index in [1.165, 1.54) is 14.3 Å². The van der Waals surface area contributed by atoms with E-state index in [9.17, 15) is 0 Å². The molecule has 0 aliphatic carbocycles. The van der Waals surface area contributed by atoms with Crippen LogP contribution in [0.2, 0.25) is 0 Å². The van der Waals surface area contributed by atoms with Gasteiger partial charge in [0.05, 0.1) is 0 Å². The molecule has 0 saturated carbocycles. The molecule has 0 radical (unpaired) electrons. The minimum absolute atomic E-state index is 1.34. The Kier molecular flexibility index (Phi) is 8.15. The Labute approximate surface area is 151 Å². The Morgan fingerprint density at radius 1 is 0.438 bits per heavy atom. The maximum atomic E-state index is 2.35. The van der Waals surface area contributed by atoms with Crippen molar-refractivity contribution in [3.63, 3.8) is 0 Å². The second kappa shape index (κ2) is 8.46. The van der Waals surface area contributed by atoms with Gasteiger partial charge in [-0.1, -0.05) is 36.4 Å². The summed E-state index contributed by atoms with van der Waals surface area (Å²) in [6.07, 6.45) is 0. The van der Waals surface area contributed by atoms with Crippen molar-refractivity contribution in [2.45, 2.75) is 0 Å². The molecule has 0 amide bonds. The second-order valence-electron chi connectivity index (χ2n) is 2.84. The van der Waals surface area contributed by atoms with Gasteiger partial charge in [0.15, 0.2) is 0 Å². The Bertz CT molecular complexity index is 363. The van der Waals surface area contributed by atoms with Crippen LogP contribution in [0.1, 0.15) is 0 Å². The first-order valence-electron chi connectivity index (χ1n) is 4.41. The molecule has 0 saturated heterocycles. The van der Waals surface area contributed by atoms with E-state index in [4.69, 9.17) is 0 Å². The van der Waals surface area contributed by atoms with E-state index < -0.39 is 0 Å². The predicted molar refractivity (Wildman–Crippen MR) is 104 cm³/mol. The van der Waals surface area contributed by atoms with E-state index >= 15 is 0 Å². The summed E-state index contributed by atoms with van der Waals surface area (Å²) < 4.78 is 5.34. The van der Waals surface area contributed by atoms with Crippen LogP contribution in [0.25, 0.3) is 0 Å². The zero-order valence-corrected chi connectivity index (χ0v) is 16.8. The van der Waals surface area contributed by atoms with Crippen LogP contribution < -0.4 is 0 Å². The summed E-state index contributed by atoms with van der Waals surface area (Å²) in [5.41, 5.74) is 0. The molecule has 0 bridgehead atoms. The van der Waals surface area contributed by atoms with Crippen LogP contribution in [0.4, 0.5) is 0 Å². The Morgan fingerprint density at radius 3 is 0.812 bits per heavy atom. The number of halogens is 4. The lowest BCUT2D eigenvalue weighted by atomic mass is 10.4. The molecule has 0 aromatic heterocycles. The molecule has 0 N–H and O–H groups in total. The third kappa shape index (κ3) is 5.80. The molecular weight excluding hydrogens is 652 g/mol. The highest BCUT2D eigenvalue weighted by Crippen LogP contribution is 2.22. The standard InChI is InChI=1S/C6H2I4.C6H6/c7-3-1-4(8)6(10)2-5(3)9;1-2-4-6-5-3-1/h1-2H;1-6H. The van der Waals surface area contributed by atoms with E-state index in [2.05, 4.69) is 102 Å². The van der Waals surface area contributed by atoms with Crippen molar-refractivity contribution in [1.82, 2.24) is 0 Å². The maximum absolute atomic E-state index is 2.35. The van der Waals surface area contributed by atoms with Crippen LogP contribution in [0.15, 0.2) is 48.5 Å². The van der Waals surface area contributed by atoms with Crippen molar-refractivity contribution in [2.24, 2.45) is 0 Å². The van der Waals surface area contributed by atoms with Gasteiger partial charge < -0.3 is 0 Å². The van der Waals surface area contributed by atoms with Crippen molar-refractivity contribution in [3.8, 4) is 0 Å². The van der Waals surface area contributed by atoms with Gasteiger partial charge in [-0.15, -0.1) is 0 Å². The number of hydrogen-bond acceptors (Lipinski definition) is 0. The fourth-order valence-electron chi connectivity index (χ4n) is 0.883. The molecular formula is C12H8I4. The molecule has 0 unspecified atom stereocenters. The largest absolute Gasteiger partial charge is 0.0623 e. The third-order valence-corrected chi connectivity index (χ3v) is 7.26. The third-order valence-electron chi connectivity index (χ3n) is 1.63. The lowest BCUT2D eigenvalue weighted by Gasteiger charge is -1.99. The molecule has 4 heteroatoms. The molecule has 2 aromatic rings. The Hall–Kier alpha value is 1.36. The number of benzene rings is 2. The minimum atomic E-state index is 1.34. The molecule has 84 valence electrons. The SMILES string of the molecule is Ic1cc(I)c(I)cc1I.c1ccccc1. The second-order valence-corrected chi connectivity index (χ2v) is 7.48. The van der Waals surface area contributed by atoms with Crippen molar-refractivity contribution in [3.05, 3.63) is 62.8 Å². The molecule has 16 heavy (non-hydrogen) atoms. The topological polar surface area (TPSA) is 0 Å². The normalized spacial score (nSPS) is 9.25. The lowest BCUT2D eigenvalue weighted by molar-refractivity contribution is 1.49. The smallest absolute Gasteiger partial charge is 0.0275 e. The van der Waals surface area contributed by atoms with Gasteiger partial charge in [0.2, 0.25) is 0 Å². The lowest BCUT2D eigenvalue weighted by Crippen LogP contribution is -1.85. The molecule has 0 atom stereocenters. The van der Waals surface area contributed by atoms with Gasteiger partial charge in [-0.3, -0.25) is 0 Å². The molecule has 2 rings (SSSR count). The van der Waals surface area contributed by atoms with Crippen molar-refractivity contribution >= 4 is 90.4 Å². The molecule has 0 spiro atoms. The van der Waals surface area contributed by atoms with E-state index in [1.54, 1.807) is 0 Å². The minimum Gasteiger partial charge on any atom is -0.0623 e. The Balaban J connectivity index is 0.000000181. The van der Waals surface area contributed by atoms with Crippen molar-refractivity contribution in [2.75, 3.05) is 0 Å². The van der Waals surface area contributed by atoms with E-state index in [-0.39, 0.29) is 0 Å². The van der Waals surface area contributed by atoms with Gasteiger partial charge in [0.25, 0.3) is 0 Å².